The van der Waals surface area contributed by atoms with Crippen LogP contribution in [0.15, 0.2) is 91.0 Å². The van der Waals surface area contributed by atoms with Gasteiger partial charge in [-0.2, -0.15) is 0 Å². The summed E-state index contributed by atoms with van der Waals surface area (Å²) in [5.41, 5.74) is 2.69. The molecule has 0 aliphatic heterocycles. The van der Waals surface area contributed by atoms with Gasteiger partial charge >= 0.3 is 12.1 Å². The van der Waals surface area contributed by atoms with Crippen LogP contribution in [0.1, 0.15) is 23.1 Å². The molecule has 176 valence electrons. The predicted molar refractivity (Wildman–Crippen MR) is 128 cm³/mol. The maximum absolute atomic E-state index is 12.5. The van der Waals surface area contributed by atoms with Gasteiger partial charge in [-0.1, -0.05) is 91.0 Å². The fraction of sp³-hybridized carbons (Fsp3) is 0.222. The summed E-state index contributed by atoms with van der Waals surface area (Å²) in [6.07, 6.45) is -0.186. The van der Waals surface area contributed by atoms with Crippen LogP contribution in [0.2, 0.25) is 0 Å². The molecule has 0 aliphatic carbocycles. The highest BCUT2D eigenvalue weighted by Crippen LogP contribution is 2.08. The Morgan fingerprint density at radius 1 is 0.676 bits per heavy atom. The van der Waals surface area contributed by atoms with Crippen molar-refractivity contribution in [3.8, 4) is 0 Å². The van der Waals surface area contributed by atoms with Crippen LogP contribution in [0, 0.1) is 0 Å². The van der Waals surface area contributed by atoms with E-state index in [2.05, 4.69) is 10.6 Å². The summed E-state index contributed by atoms with van der Waals surface area (Å²) >= 11 is 0. The molecule has 0 spiro atoms. The molecule has 7 heteroatoms. The fourth-order valence-corrected chi connectivity index (χ4v) is 3.26. The average molecular weight is 461 g/mol. The minimum Gasteiger partial charge on any atom is -0.460 e. The van der Waals surface area contributed by atoms with Crippen molar-refractivity contribution in [2.75, 3.05) is 6.54 Å². The number of ether oxygens (including phenoxy) is 2. The Balaban J connectivity index is 1.48. The first-order chi connectivity index (χ1) is 16.6. The Labute approximate surface area is 199 Å². The van der Waals surface area contributed by atoms with E-state index in [1.54, 1.807) is 0 Å². The molecule has 0 heterocycles. The summed E-state index contributed by atoms with van der Waals surface area (Å²) in [7, 11) is 0. The Kier molecular flexibility index (Phi) is 9.68. The zero-order chi connectivity index (χ0) is 24.0. The number of alkyl carbamates (subject to hydrolysis) is 1. The van der Waals surface area contributed by atoms with Crippen molar-refractivity contribution in [2.45, 2.75) is 32.1 Å². The maximum atomic E-state index is 12.5. The highest BCUT2D eigenvalue weighted by Gasteiger charge is 2.19. The molecule has 0 unspecified atom stereocenters. The number of hydrogen-bond donors (Lipinski definition) is 2. The lowest BCUT2D eigenvalue weighted by molar-refractivity contribution is -0.145. The van der Waals surface area contributed by atoms with Crippen LogP contribution in [-0.4, -0.2) is 30.6 Å². The summed E-state index contributed by atoms with van der Waals surface area (Å²) in [6, 6.07) is 27.6. The third-order valence-electron chi connectivity index (χ3n) is 4.96. The van der Waals surface area contributed by atoms with Crippen molar-refractivity contribution in [2.24, 2.45) is 0 Å². The summed E-state index contributed by atoms with van der Waals surface area (Å²) < 4.78 is 10.5. The van der Waals surface area contributed by atoms with Crippen molar-refractivity contribution >= 4 is 18.0 Å². The molecule has 7 nitrogen and oxygen atoms in total. The maximum Gasteiger partial charge on any atom is 0.407 e. The van der Waals surface area contributed by atoms with E-state index in [0.29, 0.717) is 6.42 Å². The zero-order valence-corrected chi connectivity index (χ0v) is 18.8. The summed E-state index contributed by atoms with van der Waals surface area (Å²) in [4.78, 5) is 36.8. The average Bonchev–Trinajstić information content (AvgIpc) is 2.87. The number of amides is 2. The van der Waals surface area contributed by atoms with Crippen molar-refractivity contribution in [1.29, 1.82) is 0 Å². The Hall–Kier alpha value is -4.13. The number of rotatable bonds is 11. The number of nitrogens with one attached hydrogen (secondary N) is 2. The van der Waals surface area contributed by atoms with Gasteiger partial charge in [-0.05, 0) is 23.1 Å². The Morgan fingerprint density at radius 2 is 1.18 bits per heavy atom. The molecule has 3 aromatic rings. The van der Waals surface area contributed by atoms with E-state index in [0.717, 1.165) is 16.7 Å². The molecule has 0 fully saturated rings. The van der Waals surface area contributed by atoms with E-state index in [1.165, 1.54) is 0 Å². The monoisotopic (exact) mass is 460 g/mol. The number of carbonyl (C=O) groups is 3. The van der Waals surface area contributed by atoms with Gasteiger partial charge in [-0.15, -0.1) is 0 Å². The van der Waals surface area contributed by atoms with Gasteiger partial charge in [0.2, 0.25) is 5.91 Å². The molecule has 2 N–H and O–H groups in total. The molecule has 0 aliphatic rings. The van der Waals surface area contributed by atoms with Gasteiger partial charge in [0.1, 0.15) is 19.8 Å². The molecule has 34 heavy (non-hydrogen) atoms. The van der Waals surface area contributed by atoms with Gasteiger partial charge < -0.3 is 20.1 Å². The fourth-order valence-electron chi connectivity index (χ4n) is 3.26. The predicted octanol–water partition coefficient (Wildman–Crippen LogP) is 3.77. The summed E-state index contributed by atoms with van der Waals surface area (Å²) in [5, 5.41) is 5.32. The molecule has 0 aromatic heterocycles. The van der Waals surface area contributed by atoms with Crippen LogP contribution in [0.4, 0.5) is 4.79 Å². The van der Waals surface area contributed by atoms with Crippen LogP contribution in [0.3, 0.4) is 0 Å². The standard InChI is InChI=1S/C27H28N2O5/c30-25(28-18-26(31)33-19-22-12-6-2-7-13-22)17-24(16-21-10-4-1-5-11-21)29-27(32)34-20-23-14-8-3-9-15-23/h1-15,24H,16-20H2,(H,28,30)(H,29,32)/t24-/m0/s1. The Morgan fingerprint density at radius 3 is 1.74 bits per heavy atom. The van der Waals surface area contributed by atoms with Crippen LogP contribution >= 0.6 is 0 Å². The second-order valence-corrected chi connectivity index (χ2v) is 7.72. The van der Waals surface area contributed by atoms with Crippen LogP contribution in [0.5, 0.6) is 0 Å². The molecule has 1 atom stereocenters. The molecule has 0 radical (unpaired) electrons. The highest BCUT2D eigenvalue weighted by atomic mass is 16.5. The van der Waals surface area contributed by atoms with E-state index < -0.39 is 18.1 Å². The number of benzene rings is 3. The van der Waals surface area contributed by atoms with Crippen LogP contribution < -0.4 is 10.6 Å². The van der Waals surface area contributed by atoms with Crippen LogP contribution in [0.25, 0.3) is 0 Å². The first kappa shape index (κ1) is 24.5. The van der Waals surface area contributed by atoms with E-state index in [-0.39, 0.29) is 32.1 Å². The topological polar surface area (TPSA) is 93.7 Å². The van der Waals surface area contributed by atoms with Gasteiger partial charge in [0, 0.05) is 12.5 Å². The SMILES string of the molecule is O=C(C[C@H](Cc1ccccc1)NC(=O)OCc1ccccc1)NCC(=O)OCc1ccccc1. The van der Waals surface area contributed by atoms with Gasteiger partial charge in [-0.3, -0.25) is 9.59 Å². The van der Waals surface area contributed by atoms with E-state index in [4.69, 9.17) is 9.47 Å². The first-order valence-corrected chi connectivity index (χ1v) is 11.1. The van der Waals surface area contributed by atoms with Crippen molar-refractivity contribution in [3.05, 3.63) is 108 Å². The van der Waals surface area contributed by atoms with Crippen molar-refractivity contribution in [3.63, 3.8) is 0 Å². The van der Waals surface area contributed by atoms with Crippen LogP contribution in [-0.2, 0) is 38.7 Å². The van der Waals surface area contributed by atoms with Gasteiger partial charge in [0.05, 0.1) is 0 Å². The highest BCUT2D eigenvalue weighted by molar-refractivity contribution is 5.82. The number of carbonyl (C=O) groups excluding carboxylic acids is 3. The number of esters is 1. The quantitative estimate of drug-likeness (QED) is 0.425. The smallest absolute Gasteiger partial charge is 0.407 e. The molecule has 0 saturated heterocycles. The Bertz CT molecular complexity index is 1040. The van der Waals surface area contributed by atoms with Gasteiger partial charge in [0.25, 0.3) is 0 Å². The second kappa shape index (κ2) is 13.4. The van der Waals surface area contributed by atoms with Crippen molar-refractivity contribution < 1.29 is 23.9 Å². The molecule has 2 amide bonds. The molecule has 0 bridgehead atoms. The van der Waals surface area contributed by atoms with E-state index in [9.17, 15) is 14.4 Å². The lowest BCUT2D eigenvalue weighted by Crippen LogP contribution is -2.41. The van der Waals surface area contributed by atoms with Crippen molar-refractivity contribution in [1.82, 2.24) is 10.6 Å². The lowest BCUT2D eigenvalue weighted by atomic mass is 10.0. The van der Waals surface area contributed by atoms with E-state index in [1.807, 2.05) is 91.0 Å². The first-order valence-electron chi connectivity index (χ1n) is 11.1. The minimum atomic E-state index is -0.611. The molecule has 3 aromatic carbocycles. The third kappa shape index (κ3) is 9.16. The number of hydrogen-bond acceptors (Lipinski definition) is 5. The molecular weight excluding hydrogens is 432 g/mol. The molecule has 3 rings (SSSR count). The second-order valence-electron chi connectivity index (χ2n) is 7.72. The summed E-state index contributed by atoms with van der Waals surface area (Å²) in [6.45, 7) is 0.0212. The van der Waals surface area contributed by atoms with Gasteiger partial charge in [-0.25, -0.2) is 4.79 Å². The summed E-state index contributed by atoms with van der Waals surface area (Å²) in [5.74, 6) is -0.909. The normalized spacial score (nSPS) is 11.2. The van der Waals surface area contributed by atoms with E-state index >= 15 is 0 Å². The van der Waals surface area contributed by atoms with Gasteiger partial charge in [0.15, 0.2) is 0 Å². The third-order valence-corrected chi connectivity index (χ3v) is 4.96. The minimum absolute atomic E-state index is 0.0126. The lowest BCUT2D eigenvalue weighted by Gasteiger charge is -2.18. The molecule has 0 saturated carbocycles. The largest absolute Gasteiger partial charge is 0.460 e. The molecular formula is C27H28N2O5. The zero-order valence-electron chi connectivity index (χ0n) is 18.8.